The van der Waals surface area contributed by atoms with E-state index in [1.807, 2.05) is 0 Å². The fraction of sp³-hybridized carbons (Fsp3) is 0.462. The van der Waals surface area contributed by atoms with E-state index in [1.54, 1.807) is 17.8 Å². The van der Waals surface area contributed by atoms with Gasteiger partial charge in [-0.15, -0.1) is 0 Å². The third-order valence-corrected chi connectivity index (χ3v) is 4.16. The molecule has 0 aromatic heterocycles. The van der Waals surface area contributed by atoms with Gasteiger partial charge < -0.3 is 15.7 Å². The van der Waals surface area contributed by atoms with E-state index in [0.717, 1.165) is 30.8 Å². The molecule has 1 unspecified atom stereocenters. The normalized spacial score (nSPS) is 19.8. The average molecular weight is 284 g/mol. The molecule has 0 amide bonds. The van der Waals surface area contributed by atoms with E-state index in [4.69, 9.17) is 15.7 Å². The fourth-order valence-corrected chi connectivity index (χ4v) is 3.16. The van der Waals surface area contributed by atoms with Gasteiger partial charge >= 0.3 is 0 Å². The summed E-state index contributed by atoms with van der Waals surface area (Å²) in [6, 6.07) is 4.35. The molecule has 1 fully saturated rings. The number of nitrogens with zero attached hydrogens (tertiary/aromatic N) is 1. The summed E-state index contributed by atoms with van der Waals surface area (Å²) in [5, 5.41) is 11.7. The Bertz CT molecular complexity index is 462. The van der Waals surface area contributed by atoms with Crippen LogP contribution in [-0.2, 0) is 10.5 Å². The van der Waals surface area contributed by atoms with Crippen LogP contribution >= 0.6 is 11.8 Å². The molecule has 0 aliphatic carbocycles. The molecule has 1 aliphatic rings. The SMILES string of the molecule is N/C(=N/O)c1cc(F)ccc1CSCC1CCCO1. The molecular weight excluding hydrogens is 267 g/mol. The molecule has 4 nitrogen and oxygen atoms in total. The molecule has 3 N–H and O–H groups in total. The van der Waals surface area contributed by atoms with Crippen molar-refractivity contribution in [1.29, 1.82) is 0 Å². The summed E-state index contributed by atoms with van der Waals surface area (Å²) in [5.41, 5.74) is 6.86. The maximum atomic E-state index is 13.2. The molecule has 19 heavy (non-hydrogen) atoms. The highest BCUT2D eigenvalue weighted by Crippen LogP contribution is 2.22. The molecule has 1 aromatic rings. The average Bonchev–Trinajstić information content (AvgIpc) is 2.92. The summed E-state index contributed by atoms with van der Waals surface area (Å²) in [7, 11) is 0. The number of ether oxygens (including phenoxy) is 1. The Hall–Kier alpha value is -1.27. The first-order valence-electron chi connectivity index (χ1n) is 6.16. The van der Waals surface area contributed by atoms with Gasteiger partial charge in [-0.1, -0.05) is 11.2 Å². The van der Waals surface area contributed by atoms with Crippen molar-refractivity contribution in [3.63, 3.8) is 0 Å². The van der Waals surface area contributed by atoms with Crippen LogP contribution in [0.5, 0.6) is 0 Å². The molecule has 0 spiro atoms. The first-order chi connectivity index (χ1) is 9.20. The second-order valence-corrected chi connectivity index (χ2v) is 5.47. The van der Waals surface area contributed by atoms with Crippen LogP contribution in [0.1, 0.15) is 24.0 Å². The van der Waals surface area contributed by atoms with E-state index in [9.17, 15) is 4.39 Å². The van der Waals surface area contributed by atoms with Gasteiger partial charge in [0, 0.05) is 23.7 Å². The number of hydrogen-bond acceptors (Lipinski definition) is 4. The number of thioether (sulfide) groups is 1. The van der Waals surface area contributed by atoms with Crippen molar-refractivity contribution < 1.29 is 14.3 Å². The molecule has 6 heteroatoms. The number of nitrogens with two attached hydrogens (primary N) is 1. The van der Waals surface area contributed by atoms with E-state index in [0.29, 0.717) is 17.4 Å². The Morgan fingerprint density at radius 1 is 1.58 bits per heavy atom. The third-order valence-electron chi connectivity index (χ3n) is 3.04. The molecule has 0 bridgehead atoms. The van der Waals surface area contributed by atoms with Gasteiger partial charge in [-0.2, -0.15) is 11.8 Å². The molecule has 1 atom stereocenters. The number of hydrogen-bond donors (Lipinski definition) is 2. The quantitative estimate of drug-likeness (QED) is 0.377. The van der Waals surface area contributed by atoms with Gasteiger partial charge in [0.15, 0.2) is 5.84 Å². The largest absolute Gasteiger partial charge is 0.409 e. The number of benzene rings is 1. The summed E-state index contributed by atoms with van der Waals surface area (Å²) in [6.45, 7) is 0.844. The maximum Gasteiger partial charge on any atom is 0.170 e. The van der Waals surface area contributed by atoms with E-state index in [-0.39, 0.29) is 5.84 Å². The highest BCUT2D eigenvalue weighted by molar-refractivity contribution is 7.98. The lowest BCUT2D eigenvalue weighted by Gasteiger charge is -2.11. The zero-order valence-electron chi connectivity index (χ0n) is 10.5. The van der Waals surface area contributed by atoms with Crippen molar-refractivity contribution in [2.45, 2.75) is 24.7 Å². The maximum absolute atomic E-state index is 13.2. The van der Waals surface area contributed by atoms with Crippen LogP contribution in [0.3, 0.4) is 0 Å². The van der Waals surface area contributed by atoms with Crippen LogP contribution in [0.25, 0.3) is 0 Å². The van der Waals surface area contributed by atoms with E-state index in [2.05, 4.69) is 5.16 Å². The van der Waals surface area contributed by atoms with Gasteiger partial charge in [0.1, 0.15) is 5.82 Å². The standard InChI is InChI=1S/C13H17FN2O2S/c14-10-4-3-9(12(6-10)13(15)16-17)7-19-8-11-2-1-5-18-11/h3-4,6,11,17H,1-2,5,7-8H2,(H2,15,16). The van der Waals surface area contributed by atoms with Crippen molar-refractivity contribution in [2.24, 2.45) is 10.9 Å². The first kappa shape index (κ1) is 14.1. The van der Waals surface area contributed by atoms with E-state index >= 15 is 0 Å². The minimum atomic E-state index is -0.394. The molecule has 2 rings (SSSR count). The van der Waals surface area contributed by atoms with Crippen molar-refractivity contribution in [3.8, 4) is 0 Å². The van der Waals surface area contributed by atoms with Crippen LogP contribution in [0.4, 0.5) is 4.39 Å². The Labute approximate surface area is 115 Å². The van der Waals surface area contributed by atoms with Crippen LogP contribution < -0.4 is 5.73 Å². The topological polar surface area (TPSA) is 67.8 Å². The predicted octanol–water partition coefficient (Wildman–Crippen LogP) is 2.33. The fourth-order valence-electron chi connectivity index (χ4n) is 2.04. The molecular formula is C13H17FN2O2S. The minimum Gasteiger partial charge on any atom is -0.409 e. The summed E-state index contributed by atoms with van der Waals surface area (Å²) >= 11 is 1.71. The highest BCUT2D eigenvalue weighted by Gasteiger charge is 2.16. The number of amidine groups is 1. The smallest absolute Gasteiger partial charge is 0.170 e. The van der Waals surface area contributed by atoms with Gasteiger partial charge in [-0.3, -0.25) is 0 Å². The Kier molecular flexibility index (Phi) is 5.04. The Balaban J connectivity index is 1.98. The highest BCUT2D eigenvalue weighted by atomic mass is 32.2. The van der Waals surface area contributed by atoms with Crippen LogP contribution in [-0.4, -0.2) is 29.5 Å². The third kappa shape index (κ3) is 3.84. The lowest BCUT2D eigenvalue weighted by molar-refractivity contribution is 0.129. The lowest BCUT2D eigenvalue weighted by Crippen LogP contribution is -2.16. The van der Waals surface area contributed by atoms with Crippen molar-refractivity contribution in [3.05, 3.63) is 35.1 Å². The van der Waals surface area contributed by atoms with Crippen LogP contribution in [0.15, 0.2) is 23.4 Å². The molecule has 0 saturated carbocycles. The number of halogens is 1. The molecule has 1 heterocycles. The van der Waals surface area contributed by atoms with Crippen LogP contribution in [0, 0.1) is 5.82 Å². The number of rotatable bonds is 5. The summed E-state index contributed by atoms with van der Waals surface area (Å²) in [6.07, 6.45) is 2.54. The predicted molar refractivity (Wildman–Crippen MR) is 74.0 cm³/mol. The van der Waals surface area contributed by atoms with Gasteiger partial charge in [-0.25, -0.2) is 4.39 Å². The zero-order chi connectivity index (χ0) is 13.7. The lowest BCUT2D eigenvalue weighted by atomic mass is 10.1. The second kappa shape index (κ2) is 6.77. The van der Waals surface area contributed by atoms with Crippen molar-refractivity contribution in [2.75, 3.05) is 12.4 Å². The van der Waals surface area contributed by atoms with Gasteiger partial charge in [0.05, 0.1) is 6.10 Å². The van der Waals surface area contributed by atoms with E-state index < -0.39 is 5.82 Å². The number of oxime groups is 1. The van der Waals surface area contributed by atoms with Gasteiger partial charge in [-0.05, 0) is 30.5 Å². The molecule has 1 aliphatic heterocycles. The summed E-state index contributed by atoms with van der Waals surface area (Å²) in [4.78, 5) is 0. The zero-order valence-corrected chi connectivity index (χ0v) is 11.3. The van der Waals surface area contributed by atoms with Gasteiger partial charge in [0.2, 0.25) is 0 Å². The first-order valence-corrected chi connectivity index (χ1v) is 7.32. The molecule has 1 saturated heterocycles. The van der Waals surface area contributed by atoms with Gasteiger partial charge in [0.25, 0.3) is 0 Å². The summed E-state index contributed by atoms with van der Waals surface area (Å²) < 4.78 is 18.7. The second-order valence-electron chi connectivity index (χ2n) is 4.44. The minimum absolute atomic E-state index is 0.0628. The van der Waals surface area contributed by atoms with Crippen LogP contribution in [0.2, 0.25) is 0 Å². The summed E-state index contributed by atoms with van der Waals surface area (Å²) in [5.74, 6) is 1.14. The molecule has 104 valence electrons. The molecule has 1 aromatic carbocycles. The monoisotopic (exact) mass is 284 g/mol. The molecule has 0 radical (unpaired) electrons. The Morgan fingerprint density at radius 2 is 2.42 bits per heavy atom. The Morgan fingerprint density at radius 3 is 3.11 bits per heavy atom. The van der Waals surface area contributed by atoms with Crippen molar-refractivity contribution in [1.82, 2.24) is 0 Å². The van der Waals surface area contributed by atoms with E-state index in [1.165, 1.54) is 12.1 Å². The van der Waals surface area contributed by atoms with Crippen molar-refractivity contribution >= 4 is 17.6 Å².